The lowest BCUT2D eigenvalue weighted by Gasteiger charge is -1.97. The van der Waals surface area contributed by atoms with Gasteiger partial charge in [0.05, 0.1) is 4.08 Å². The summed E-state index contributed by atoms with van der Waals surface area (Å²) in [6.07, 6.45) is 2.80. The van der Waals surface area contributed by atoms with E-state index < -0.39 is 0 Å². The fourth-order valence-electron chi connectivity index (χ4n) is 2.00. The van der Waals surface area contributed by atoms with Crippen LogP contribution < -0.4 is 0 Å². The molecule has 1 spiro atoms. The normalized spacial score (nSPS) is 38.1. The Bertz CT molecular complexity index is 155. The van der Waals surface area contributed by atoms with E-state index >= 15 is 0 Å². The van der Waals surface area contributed by atoms with E-state index in [1.165, 1.54) is 12.8 Å². The molecule has 1 heterocycles. The zero-order chi connectivity index (χ0) is 7.41. The molecule has 1 unspecified atom stereocenters. The third-order valence-electron chi connectivity index (χ3n) is 2.98. The van der Waals surface area contributed by atoms with Gasteiger partial charge in [0.2, 0.25) is 0 Å². The highest BCUT2D eigenvalue weighted by Gasteiger charge is 2.79. The molecule has 0 aromatic carbocycles. The van der Waals surface area contributed by atoms with Crippen LogP contribution in [0, 0.1) is 11.3 Å². The van der Waals surface area contributed by atoms with E-state index in [4.69, 9.17) is 0 Å². The first kappa shape index (κ1) is 7.35. The zero-order valence-corrected chi connectivity index (χ0v) is 8.44. The molecule has 1 atom stereocenters. The van der Waals surface area contributed by atoms with Gasteiger partial charge < -0.3 is 0 Å². The Balaban J connectivity index is 2.02. The molecule has 0 nitrogen and oxygen atoms in total. The van der Waals surface area contributed by atoms with Crippen molar-refractivity contribution in [2.24, 2.45) is 11.3 Å². The lowest BCUT2D eigenvalue weighted by atomic mass is 10.1. The molecule has 1 aliphatic carbocycles. The van der Waals surface area contributed by atoms with Crippen LogP contribution in [0.4, 0.5) is 0 Å². The van der Waals surface area contributed by atoms with Crippen LogP contribution in [0.3, 0.4) is 0 Å². The van der Waals surface area contributed by atoms with Gasteiger partial charge in [-0.1, -0.05) is 48.8 Å². The van der Waals surface area contributed by atoms with Crippen molar-refractivity contribution in [3.63, 3.8) is 0 Å². The van der Waals surface area contributed by atoms with Gasteiger partial charge >= 0.3 is 0 Å². The molecule has 0 amide bonds. The van der Waals surface area contributed by atoms with Gasteiger partial charge in [-0.15, -0.1) is 0 Å². The molecule has 1 aliphatic heterocycles. The summed E-state index contributed by atoms with van der Waals surface area (Å²) in [4.78, 5) is 0. The minimum atomic E-state index is 0.651. The van der Waals surface area contributed by atoms with Crippen LogP contribution in [-0.4, -0.2) is 4.08 Å². The molecule has 1 saturated carbocycles. The highest BCUT2D eigenvalue weighted by molar-refractivity contribution is 8.93. The SMILES string of the molecule is CCCC1C(C)(C)C12SS2. The average molecular weight is 174 g/mol. The predicted octanol–water partition coefficient (Wildman–Crippen LogP) is 3.53. The summed E-state index contributed by atoms with van der Waals surface area (Å²) in [5.41, 5.74) is 0.651. The lowest BCUT2D eigenvalue weighted by Crippen LogP contribution is -1.90. The molecule has 0 radical (unpaired) electrons. The van der Waals surface area contributed by atoms with Crippen LogP contribution in [-0.2, 0) is 0 Å². The number of hydrogen-bond acceptors (Lipinski definition) is 2. The standard InChI is InChI=1S/C8H14S2/c1-4-5-6-7(2,3)8(6)9-10-8/h6H,4-5H2,1-3H3. The Morgan fingerprint density at radius 1 is 1.30 bits per heavy atom. The molecule has 1 saturated heterocycles. The Morgan fingerprint density at radius 2 is 1.90 bits per heavy atom. The van der Waals surface area contributed by atoms with Gasteiger partial charge in [-0.2, -0.15) is 0 Å². The van der Waals surface area contributed by atoms with Gasteiger partial charge in [0, 0.05) is 0 Å². The summed E-state index contributed by atoms with van der Waals surface area (Å²) in [6, 6.07) is 0. The quantitative estimate of drug-likeness (QED) is 0.464. The smallest absolute Gasteiger partial charge is 0.0730 e. The Hall–Kier alpha value is 0.700. The van der Waals surface area contributed by atoms with Crippen molar-refractivity contribution >= 4 is 21.6 Å². The average Bonchev–Trinajstić information content (AvgIpc) is 2.68. The summed E-state index contributed by atoms with van der Waals surface area (Å²) < 4.78 is 0.697. The number of hydrogen-bond donors (Lipinski definition) is 0. The van der Waals surface area contributed by atoms with Gasteiger partial charge in [-0.3, -0.25) is 0 Å². The molecule has 58 valence electrons. The summed E-state index contributed by atoms with van der Waals surface area (Å²) >= 11 is 0. The van der Waals surface area contributed by atoms with Crippen molar-refractivity contribution in [2.45, 2.75) is 37.7 Å². The molecule has 0 N–H and O–H groups in total. The van der Waals surface area contributed by atoms with Crippen LogP contribution in [0.5, 0.6) is 0 Å². The van der Waals surface area contributed by atoms with Crippen LogP contribution in [0.15, 0.2) is 0 Å². The van der Waals surface area contributed by atoms with Crippen molar-refractivity contribution in [2.75, 3.05) is 0 Å². The summed E-state index contributed by atoms with van der Waals surface area (Å²) in [5.74, 6) is 1.01. The highest BCUT2D eigenvalue weighted by atomic mass is 33.2. The maximum absolute atomic E-state index is 2.42. The molecule has 2 fully saturated rings. The maximum Gasteiger partial charge on any atom is 0.0906 e. The second-order valence-corrected chi connectivity index (χ2v) is 6.78. The Morgan fingerprint density at radius 3 is 2.20 bits per heavy atom. The second-order valence-electron chi connectivity index (χ2n) is 3.90. The molecular weight excluding hydrogens is 160 g/mol. The Labute approximate surface area is 70.9 Å². The lowest BCUT2D eigenvalue weighted by molar-refractivity contribution is 0.528. The van der Waals surface area contributed by atoms with Crippen LogP contribution in [0.2, 0.25) is 0 Å². The Kier molecular flexibility index (Phi) is 1.39. The van der Waals surface area contributed by atoms with Crippen molar-refractivity contribution < 1.29 is 0 Å². The maximum atomic E-state index is 2.42. The molecule has 0 aromatic heterocycles. The first-order valence-corrected chi connectivity index (χ1v) is 6.17. The largest absolute Gasteiger partial charge is 0.0906 e. The summed E-state index contributed by atoms with van der Waals surface area (Å²) in [5, 5.41) is 0. The monoisotopic (exact) mass is 174 g/mol. The first-order chi connectivity index (χ1) is 4.65. The van der Waals surface area contributed by atoms with Gasteiger partial charge in [0.1, 0.15) is 0 Å². The van der Waals surface area contributed by atoms with Crippen LogP contribution >= 0.6 is 21.6 Å². The number of rotatable bonds is 2. The molecule has 2 aliphatic rings. The fourth-order valence-corrected chi connectivity index (χ4v) is 6.00. The van der Waals surface area contributed by atoms with Gasteiger partial charge in [-0.05, 0) is 17.8 Å². The molecular formula is C8H14S2. The minimum Gasteiger partial charge on any atom is -0.0730 e. The third kappa shape index (κ3) is 0.672. The molecule has 2 heteroatoms. The minimum absolute atomic E-state index is 0.651. The summed E-state index contributed by atoms with van der Waals surface area (Å²) in [6.45, 7) is 7.13. The molecule has 0 bridgehead atoms. The van der Waals surface area contributed by atoms with Crippen molar-refractivity contribution in [1.82, 2.24) is 0 Å². The van der Waals surface area contributed by atoms with Crippen LogP contribution in [0.1, 0.15) is 33.6 Å². The van der Waals surface area contributed by atoms with E-state index in [0.717, 1.165) is 5.92 Å². The van der Waals surface area contributed by atoms with Crippen molar-refractivity contribution in [3.8, 4) is 0 Å². The predicted molar refractivity (Wildman–Crippen MR) is 50.1 cm³/mol. The van der Waals surface area contributed by atoms with E-state index in [1.807, 2.05) is 0 Å². The van der Waals surface area contributed by atoms with E-state index in [2.05, 4.69) is 42.4 Å². The summed E-state index contributed by atoms with van der Waals surface area (Å²) in [7, 11) is 4.22. The van der Waals surface area contributed by atoms with Crippen molar-refractivity contribution in [1.29, 1.82) is 0 Å². The first-order valence-electron chi connectivity index (χ1n) is 4.02. The van der Waals surface area contributed by atoms with Gasteiger partial charge in [-0.25, -0.2) is 0 Å². The van der Waals surface area contributed by atoms with Crippen LogP contribution in [0.25, 0.3) is 0 Å². The third-order valence-corrected chi connectivity index (χ3v) is 6.71. The van der Waals surface area contributed by atoms with E-state index in [0.29, 0.717) is 9.49 Å². The topological polar surface area (TPSA) is 0 Å². The van der Waals surface area contributed by atoms with E-state index in [9.17, 15) is 0 Å². The zero-order valence-electron chi connectivity index (χ0n) is 6.81. The van der Waals surface area contributed by atoms with E-state index in [-0.39, 0.29) is 0 Å². The fraction of sp³-hybridized carbons (Fsp3) is 1.00. The molecule has 2 rings (SSSR count). The van der Waals surface area contributed by atoms with E-state index in [1.54, 1.807) is 0 Å². The van der Waals surface area contributed by atoms with Gasteiger partial charge in [0.25, 0.3) is 0 Å². The molecule has 0 aromatic rings. The molecule has 10 heavy (non-hydrogen) atoms. The van der Waals surface area contributed by atoms with Crippen molar-refractivity contribution in [3.05, 3.63) is 0 Å². The second kappa shape index (κ2) is 1.89. The van der Waals surface area contributed by atoms with Gasteiger partial charge in [0.15, 0.2) is 0 Å². The highest BCUT2D eigenvalue weighted by Crippen LogP contribution is 2.91.